The Morgan fingerprint density at radius 3 is 2.25 bits per heavy atom. The number of H-pyrrole nitrogens is 1. The summed E-state index contributed by atoms with van der Waals surface area (Å²) in [6, 6.07) is -0.696. The van der Waals surface area contributed by atoms with E-state index in [4.69, 9.17) is 20.9 Å². The molecule has 226 valence electrons. The Hall–Kier alpha value is -2.95. The largest absolute Gasteiger partial charge is 0.465 e. The average Bonchev–Trinajstić information content (AvgIpc) is 3.32. The molecule has 0 aliphatic heterocycles. The van der Waals surface area contributed by atoms with Gasteiger partial charge in [0.2, 0.25) is 5.95 Å². The van der Waals surface area contributed by atoms with Crippen molar-refractivity contribution >= 4 is 29.1 Å². The number of unbranched alkanes of at least 4 members (excludes halogenated alkanes) is 10. The fraction of sp³-hybridized carbons (Fsp3) is 0.759. The van der Waals surface area contributed by atoms with Gasteiger partial charge in [0.25, 0.3) is 5.56 Å². The first-order chi connectivity index (χ1) is 19.2. The zero-order chi connectivity index (χ0) is 29.3. The SMILES string of the molecule is CCCCCCCCCCCCCC(=O)OCC(CCOC(=O)[C@@H](N)C(C)C)Cn1cnc2c(=O)[nH]c(N)nc21. The van der Waals surface area contributed by atoms with E-state index in [1.54, 1.807) is 4.57 Å². The standard InChI is InChI=1S/C29H50N6O5/c1-4-5-6-7-8-9-10-11-12-13-14-15-23(36)40-19-22(16-17-39-28(38)24(30)21(2)3)18-35-20-32-25-26(35)33-29(31)34-27(25)37/h20-22,24H,4-19,30H2,1-3H3,(H3,31,33,34,37)/t22?,24-/m0/s1. The number of rotatable bonds is 21. The van der Waals surface area contributed by atoms with Crippen LogP contribution in [0.3, 0.4) is 0 Å². The Balaban J connectivity index is 1.80. The van der Waals surface area contributed by atoms with Crippen molar-refractivity contribution in [1.82, 2.24) is 19.5 Å². The van der Waals surface area contributed by atoms with Crippen LogP contribution in [0, 0.1) is 11.8 Å². The van der Waals surface area contributed by atoms with Crippen LogP contribution < -0.4 is 17.0 Å². The lowest BCUT2D eigenvalue weighted by Gasteiger charge is -2.19. The average molecular weight is 563 g/mol. The molecule has 11 heteroatoms. The Kier molecular flexibility index (Phi) is 15.3. The van der Waals surface area contributed by atoms with Crippen LogP contribution >= 0.6 is 0 Å². The number of nitrogen functional groups attached to an aromatic ring is 1. The van der Waals surface area contributed by atoms with Gasteiger partial charge in [0.15, 0.2) is 11.2 Å². The normalized spacial score (nSPS) is 13.0. The number of carbonyl (C=O) groups is 2. The van der Waals surface area contributed by atoms with Crippen molar-refractivity contribution < 1.29 is 19.1 Å². The molecule has 0 aliphatic carbocycles. The zero-order valence-electron chi connectivity index (χ0n) is 24.7. The molecule has 0 saturated carbocycles. The molecular formula is C29H50N6O5. The lowest BCUT2D eigenvalue weighted by Crippen LogP contribution is -2.37. The number of fused-ring (bicyclic) bond motifs is 1. The minimum atomic E-state index is -0.696. The summed E-state index contributed by atoms with van der Waals surface area (Å²) in [6.45, 7) is 6.57. The van der Waals surface area contributed by atoms with Gasteiger partial charge < -0.3 is 25.5 Å². The van der Waals surface area contributed by atoms with Gasteiger partial charge in [-0.1, -0.05) is 85.0 Å². The van der Waals surface area contributed by atoms with E-state index in [1.165, 1.54) is 57.7 Å². The van der Waals surface area contributed by atoms with Crippen LogP contribution in [0.5, 0.6) is 0 Å². The summed E-state index contributed by atoms with van der Waals surface area (Å²) in [7, 11) is 0. The molecule has 11 nitrogen and oxygen atoms in total. The number of carbonyl (C=O) groups excluding carboxylic acids is 2. The second-order valence-corrected chi connectivity index (χ2v) is 11.1. The van der Waals surface area contributed by atoms with Gasteiger partial charge in [-0.15, -0.1) is 0 Å². The van der Waals surface area contributed by atoms with Crippen molar-refractivity contribution in [2.45, 2.75) is 117 Å². The van der Waals surface area contributed by atoms with Crippen molar-refractivity contribution in [1.29, 1.82) is 0 Å². The lowest BCUT2D eigenvalue weighted by atomic mass is 10.1. The molecule has 0 aromatic carbocycles. The first-order valence-corrected chi connectivity index (χ1v) is 15.0. The number of nitrogens with zero attached hydrogens (tertiary/aromatic N) is 3. The molecule has 2 rings (SSSR count). The van der Waals surface area contributed by atoms with Gasteiger partial charge in [-0.05, 0) is 18.8 Å². The highest BCUT2D eigenvalue weighted by Crippen LogP contribution is 2.16. The van der Waals surface area contributed by atoms with Gasteiger partial charge in [0.05, 0.1) is 19.5 Å². The van der Waals surface area contributed by atoms with Crippen LogP contribution in [0.4, 0.5) is 5.95 Å². The Morgan fingerprint density at radius 2 is 1.62 bits per heavy atom. The van der Waals surface area contributed by atoms with Crippen LogP contribution in [0.15, 0.2) is 11.1 Å². The molecule has 0 saturated heterocycles. The van der Waals surface area contributed by atoms with Gasteiger partial charge in [-0.3, -0.25) is 19.4 Å². The molecule has 2 heterocycles. The number of esters is 2. The van der Waals surface area contributed by atoms with E-state index in [0.29, 0.717) is 25.0 Å². The van der Waals surface area contributed by atoms with Gasteiger partial charge >= 0.3 is 11.9 Å². The van der Waals surface area contributed by atoms with E-state index >= 15 is 0 Å². The van der Waals surface area contributed by atoms with Crippen molar-refractivity contribution in [3.05, 3.63) is 16.7 Å². The predicted octanol–water partition coefficient (Wildman–Crippen LogP) is 4.48. The first kappa shape index (κ1) is 33.3. The third kappa shape index (κ3) is 12.1. The highest BCUT2D eigenvalue weighted by atomic mass is 16.5. The summed E-state index contributed by atoms with van der Waals surface area (Å²) in [5, 5.41) is 0. The van der Waals surface area contributed by atoms with Crippen molar-refractivity contribution in [2.75, 3.05) is 18.9 Å². The molecule has 2 aromatic rings. The fourth-order valence-electron chi connectivity index (χ4n) is 4.52. The molecule has 0 amide bonds. The molecule has 0 fully saturated rings. The van der Waals surface area contributed by atoms with Crippen LogP contribution in [0.1, 0.15) is 104 Å². The molecule has 0 radical (unpaired) electrons. The van der Waals surface area contributed by atoms with Gasteiger partial charge in [-0.2, -0.15) is 4.98 Å². The summed E-state index contributed by atoms with van der Waals surface area (Å²) in [4.78, 5) is 47.5. The van der Waals surface area contributed by atoms with Crippen LogP contribution in [-0.2, 0) is 25.6 Å². The summed E-state index contributed by atoms with van der Waals surface area (Å²) in [5.41, 5.74) is 11.7. The highest BCUT2D eigenvalue weighted by Gasteiger charge is 2.21. The summed E-state index contributed by atoms with van der Waals surface area (Å²) in [5.74, 6) is -0.952. The monoisotopic (exact) mass is 562 g/mol. The number of nitrogens with one attached hydrogen (secondary N) is 1. The maximum absolute atomic E-state index is 12.4. The minimum Gasteiger partial charge on any atom is -0.465 e. The molecule has 1 unspecified atom stereocenters. The number of ether oxygens (including phenoxy) is 2. The van der Waals surface area contributed by atoms with Crippen molar-refractivity contribution in [2.24, 2.45) is 17.6 Å². The predicted molar refractivity (Wildman–Crippen MR) is 156 cm³/mol. The minimum absolute atomic E-state index is 0.00851. The molecule has 0 aliphatic rings. The number of hydrogen-bond acceptors (Lipinski definition) is 9. The number of aromatic nitrogens is 4. The molecular weight excluding hydrogens is 512 g/mol. The summed E-state index contributed by atoms with van der Waals surface area (Å²) in [6.07, 6.45) is 15.7. The molecule has 40 heavy (non-hydrogen) atoms. The zero-order valence-corrected chi connectivity index (χ0v) is 24.7. The van der Waals surface area contributed by atoms with Crippen LogP contribution in [0.2, 0.25) is 0 Å². The third-order valence-corrected chi connectivity index (χ3v) is 7.17. The van der Waals surface area contributed by atoms with Gasteiger partial charge in [-0.25, -0.2) is 4.98 Å². The van der Waals surface area contributed by atoms with Crippen LogP contribution in [-0.4, -0.2) is 50.7 Å². The van der Waals surface area contributed by atoms with E-state index in [2.05, 4.69) is 21.9 Å². The van der Waals surface area contributed by atoms with Gasteiger partial charge in [0.1, 0.15) is 6.04 Å². The smallest absolute Gasteiger partial charge is 0.323 e. The Bertz CT molecular complexity index is 1080. The second-order valence-electron chi connectivity index (χ2n) is 11.1. The second kappa shape index (κ2) is 18.4. The Labute approximate surface area is 237 Å². The third-order valence-electron chi connectivity index (χ3n) is 7.17. The number of imidazole rings is 1. The highest BCUT2D eigenvalue weighted by molar-refractivity contribution is 5.75. The molecule has 2 aromatic heterocycles. The van der Waals surface area contributed by atoms with Crippen molar-refractivity contribution in [3.8, 4) is 0 Å². The summed E-state index contributed by atoms with van der Waals surface area (Å²) >= 11 is 0. The van der Waals surface area contributed by atoms with Gasteiger partial charge in [0, 0.05) is 18.9 Å². The Morgan fingerprint density at radius 1 is 1.00 bits per heavy atom. The number of hydrogen-bond donors (Lipinski definition) is 3. The van der Waals surface area contributed by atoms with E-state index in [-0.39, 0.29) is 42.5 Å². The fourth-order valence-corrected chi connectivity index (χ4v) is 4.52. The number of nitrogens with two attached hydrogens (primary N) is 2. The van der Waals surface area contributed by atoms with E-state index in [9.17, 15) is 14.4 Å². The summed E-state index contributed by atoms with van der Waals surface area (Å²) < 4.78 is 12.7. The molecule has 0 bridgehead atoms. The first-order valence-electron chi connectivity index (χ1n) is 15.0. The number of aromatic amines is 1. The van der Waals surface area contributed by atoms with Crippen molar-refractivity contribution in [3.63, 3.8) is 0 Å². The maximum Gasteiger partial charge on any atom is 0.323 e. The van der Waals surface area contributed by atoms with E-state index in [1.807, 2.05) is 13.8 Å². The molecule has 0 spiro atoms. The topological polar surface area (TPSA) is 168 Å². The quantitative estimate of drug-likeness (QED) is 0.147. The lowest BCUT2D eigenvalue weighted by molar-refractivity contribution is -0.149. The van der Waals surface area contributed by atoms with E-state index in [0.717, 1.165) is 19.3 Å². The molecule has 5 N–H and O–H groups in total. The maximum atomic E-state index is 12.4. The van der Waals surface area contributed by atoms with E-state index < -0.39 is 17.6 Å². The van der Waals surface area contributed by atoms with Crippen LogP contribution in [0.25, 0.3) is 11.2 Å². The molecule has 2 atom stereocenters. The number of anilines is 1.